The Morgan fingerprint density at radius 1 is 1.39 bits per heavy atom. The van der Waals surface area contributed by atoms with E-state index in [0.29, 0.717) is 5.75 Å². The first kappa shape index (κ1) is 15.0. The first-order valence-corrected chi connectivity index (χ1v) is 7.00. The van der Waals surface area contributed by atoms with Gasteiger partial charge in [-0.2, -0.15) is 0 Å². The maximum Gasteiger partial charge on any atom is 0.329 e. The molecule has 1 heterocycles. The second-order valence-corrected chi connectivity index (χ2v) is 5.65. The van der Waals surface area contributed by atoms with Crippen LogP contribution in [0.1, 0.15) is 34.1 Å². The van der Waals surface area contributed by atoms with E-state index >= 15 is 0 Å². The lowest BCUT2D eigenvalue weighted by Crippen LogP contribution is -2.54. The van der Waals surface area contributed by atoms with Crippen LogP contribution in [0.3, 0.4) is 0 Å². The minimum Gasteiger partial charge on any atom is -0.464 e. The Bertz CT molecular complexity index is 371. The van der Waals surface area contributed by atoms with Crippen LogP contribution in [-0.2, 0) is 19.1 Å². The third-order valence-electron chi connectivity index (χ3n) is 3.08. The fourth-order valence-corrected chi connectivity index (χ4v) is 3.29. The molecule has 2 unspecified atom stereocenters. The van der Waals surface area contributed by atoms with Crippen molar-refractivity contribution in [1.29, 1.82) is 0 Å². The Kier molecular flexibility index (Phi) is 4.78. The molecule has 0 aromatic rings. The van der Waals surface area contributed by atoms with Crippen LogP contribution in [0.25, 0.3) is 0 Å². The van der Waals surface area contributed by atoms with Gasteiger partial charge in [-0.15, -0.1) is 11.8 Å². The van der Waals surface area contributed by atoms with E-state index in [0.717, 1.165) is 0 Å². The summed E-state index contributed by atoms with van der Waals surface area (Å²) in [6.07, 6.45) is 0.263. The number of nitrogens with zero attached hydrogens (tertiary/aromatic N) is 1. The Morgan fingerprint density at radius 3 is 2.44 bits per heavy atom. The molecule has 1 aliphatic rings. The monoisotopic (exact) mass is 273 g/mol. The van der Waals surface area contributed by atoms with Crippen LogP contribution in [0.15, 0.2) is 0 Å². The molecule has 0 spiro atoms. The molecule has 1 rings (SSSR count). The predicted octanol–water partition coefficient (Wildman–Crippen LogP) is 1.21. The summed E-state index contributed by atoms with van der Waals surface area (Å²) in [6, 6.07) is -0.656. The second kappa shape index (κ2) is 5.73. The van der Waals surface area contributed by atoms with Crippen LogP contribution >= 0.6 is 11.8 Å². The van der Waals surface area contributed by atoms with Crippen molar-refractivity contribution in [1.82, 2.24) is 4.90 Å². The number of thioether (sulfide) groups is 1. The number of hydrogen-bond donors (Lipinski definition) is 0. The van der Waals surface area contributed by atoms with Gasteiger partial charge in [0.15, 0.2) is 5.78 Å². The number of ketones is 1. The highest BCUT2D eigenvalue weighted by Gasteiger charge is 2.52. The zero-order valence-electron chi connectivity index (χ0n) is 11.2. The number of hydrogen-bond acceptors (Lipinski definition) is 5. The van der Waals surface area contributed by atoms with E-state index in [-0.39, 0.29) is 24.7 Å². The number of carbonyl (C=O) groups excluding carboxylic acids is 3. The van der Waals surface area contributed by atoms with Crippen molar-refractivity contribution in [2.24, 2.45) is 0 Å². The van der Waals surface area contributed by atoms with Gasteiger partial charge in [0, 0.05) is 12.2 Å². The van der Waals surface area contributed by atoms with Crippen LogP contribution in [0.2, 0.25) is 0 Å². The van der Waals surface area contributed by atoms with Gasteiger partial charge in [-0.1, -0.05) is 6.92 Å². The molecule has 0 saturated carbocycles. The van der Waals surface area contributed by atoms with Gasteiger partial charge in [-0.05, 0) is 20.8 Å². The topological polar surface area (TPSA) is 63.7 Å². The first-order chi connectivity index (χ1) is 8.38. The number of rotatable bonds is 4. The molecule has 2 atom stereocenters. The Labute approximate surface area is 111 Å². The summed E-state index contributed by atoms with van der Waals surface area (Å²) in [5, 5.41) is 0. The molecule has 0 radical (unpaired) electrons. The molecule has 6 heteroatoms. The summed E-state index contributed by atoms with van der Waals surface area (Å²) in [6.45, 7) is 6.83. The summed E-state index contributed by atoms with van der Waals surface area (Å²) in [5.74, 6) is -0.352. The minimum absolute atomic E-state index is 0.124. The minimum atomic E-state index is -0.954. The highest BCUT2D eigenvalue weighted by molar-refractivity contribution is 8.01. The summed E-state index contributed by atoms with van der Waals surface area (Å²) < 4.78 is 4.97. The second-order valence-electron chi connectivity index (χ2n) is 4.24. The average molecular weight is 273 g/mol. The van der Waals surface area contributed by atoms with Crippen molar-refractivity contribution in [3.8, 4) is 0 Å². The molecular formula is C12H19NO4S. The quantitative estimate of drug-likeness (QED) is 0.720. The van der Waals surface area contributed by atoms with Crippen LogP contribution in [-0.4, -0.2) is 45.8 Å². The van der Waals surface area contributed by atoms with Crippen LogP contribution in [0.4, 0.5) is 0 Å². The molecule has 0 bridgehead atoms. The maximum absolute atomic E-state index is 12.0. The average Bonchev–Trinajstić information content (AvgIpc) is 2.68. The third kappa shape index (κ3) is 2.53. The van der Waals surface area contributed by atoms with Gasteiger partial charge in [0.1, 0.15) is 10.9 Å². The van der Waals surface area contributed by atoms with Gasteiger partial charge < -0.3 is 9.64 Å². The van der Waals surface area contributed by atoms with Crippen molar-refractivity contribution >= 4 is 29.4 Å². The number of carbonyl (C=O) groups is 3. The highest BCUT2D eigenvalue weighted by atomic mass is 32.2. The van der Waals surface area contributed by atoms with Gasteiger partial charge in [-0.25, -0.2) is 4.79 Å². The van der Waals surface area contributed by atoms with Crippen LogP contribution < -0.4 is 0 Å². The summed E-state index contributed by atoms with van der Waals surface area (Å²) in [5.41, 5.74) is 0. The first-order valence-electron chi connectivity index (χ1n) is 6.02. The van der Waals surface area contributed by atoms with E-state index in [2.05, 4.69) is 0 Å². The lowest BCUT2D eigenvalue weighted by molar-refractivity contribution is -0.156. The smallest absolute Gasteiger partial charge is 0.329 e. The molecule has 0 aromatic carbocycles. The molecule has 0 aromatic heterocycles. The summed E-state index contributed by atoms with van der Waals surface area (Å²) in [7, 11) is 0. The van der Waals surface area contributed by atoms with Crippen LogP contribution in [0, 0.1) is 0 Å². The summed E-state index contributed by atoms with van der Waals surface area (Å²) in [4.78, 5) is 36.0. The lowest BCUT2D eigenvalue weighted by Gasteiger charge is -2.34. The maximum atomic E-state index is 12.0. The van der Waals surface area contributed by atoms with Crippen molar-refractivity contribution in [2.75, 3.05) is 12.4 Å². The molecule has 0 aliphatic carbocycles. The Balaban J connectivity index is 3.05. The van der Waals surface area contributed by atoms with Crippen molar-refractivity contribution < 1.29 is 19.1 Å². The zero-order chi connectivity index (χ0) is 13.9. The normalized spacial score (nSPS) is 27.1. The van der Waals surface area contributed by atoms with E-state index in [1.54, 1.807) is 20.8 Å². The molecule has 5 nitrogen and oxygen atoms in total. The van der Waals surface area contributed by atoms with Gasteiger partial charge in [-0.3, -0.25) is 9.59 Å². The fourth-order valence-electron chi connectivity index (χ4n) is 1.95. The van der Waals surface area contributed by atoms with Gasteiger partial charge in [0.2, 0.25) is 5.91 Å². The summed E-state index contributed by atoms with van der Waals surface area (Å²) >= 11 is 1.32. The number of amides is 1. The molecule has 102 valence electrons. The van der Waals surface area contributed by atoms with E-state index in [4.69, 9.17) is 4.74 Å². The standard InChI is InChI=1S/C12H19NO4S/c1-5-10(15)13-9(11(16)17-6-2)7-18-12(13,4)8(3)14/h9H,5-7H2,1-4H3. The molecule has 18 heavy (non-hydrogen) atoms. The van der Waals surface area contributed by atoms with Crippen molar-refractivity contribution in [3.05, 3.63) is 0 Å². The molecule has 0 N–H and O–H groups in total. The Hall–Kier alpha value is -1.04. The van der Waals surface area contributed by atoms with E-state index < -0.39 is 16.9 Å². The molecule has 1 fully saturated rings. The molecular weight excluding hydrogens is 254 g/mol. The lowest BCUT2D eigenvalue weighted by atomic mass is 10.1. The third-order valence-corrected chi connectivity index (χ3v) is 4.61. The van der Waals surface area contributed by atoms with Crippen molar-refractivity contribution in [3.63, 3.8) is 0 Å². The SMILES string of the molecule is CCOC(=O)C1CSC(C)(C(C)=O)N1C(=O)CC. The van der Waals surface area contributed by atoms with E-state index in [1.807, 2.05) is 0 Å². The van der Waals surface area contributed by atoms with E-state index in [9.17, 15) is 14.4 Å². The Morgan fingerprint density at radius 2 is 2.00 bits per heavy atom. The van der Waals surface area contributed by atoms with E-state index in [1.165, 1.54) is 23.6 Å². The highest BCUT2D eigenvalue weighted by Crippen LogP contribution is 2.40. The van der Waals surface area contributed by atoms with Gasteiger partial charge in [0.05, 0.1) is 6.61 Å². The number of esters is 1. The molecule has 1 saturated heterocycles. The fraction of sp³-hybridized carbons (Fsp3) is 0.750. The largest absolute Gasteiger partial charge is 0.464 e. The van der Waals surface area contributed by atoms with Gasteiger partial charge in [0.25, 0.3) is 0 Å². The van der Waals surface area contributed by atoms with Crippen molar-refractivity contribution in [2.45, 2.75) is 45.0 Å². The predicted molar refractivity (Wildman–Crippen MR) is 69.1 cm³/mol. The van der Waals surface area contributed by atoms with Gasteiger partial charge >= 0.3 is 5.97 Å². The number of ether oxygens (including phenoxy) is 1. The molecule has 1 aliphatic heterocycles. The van der Waals surface area contributed by atoms with Crippen LogP contribution in [0.5, 0.6) is 0 Å². The zero-order valence-corrected chi connectivity index (χ0v) is 12.0. The molecule has 1 amide bonds. The number of Topliss-reactive ketones (excluding diaryl/α,β-unsaturated/α-hetero) is 1.